The molecule has 0 radical (unpaired) electrons. The second-order valence-electron chi connectivity index (χ2n) is 5.64. The Hall–Kier alpha value is -3.93. The van der Waals surface area contributed by atoms with E-state index in [1.165, 1.54) is 22.9 Å². The number of halogens is 2. The molecule has 0 aliphatic heterocycles. The van der Waals surface area contributed by atoms with Crippen molar-refractivity contribution in [3.05, 3.63) is 64.8 Å². The van der Waals surface area contributed by atoms with Crippen molar-refractivity contribution in [2.45, 2.75) is 6.54 Å². The van der Waals surface area contributed by atoms with Crippen LogP contribution in [0, 0.1) is 5.82 Å². The monoisotopic (exact) mass is 415 g/mol. The van der Waals surface area contributed by atoms with E-state index in [2.05, 4.69) is 41.3 Å². The van der Waals surface area contributed by atoms with Gasteiger partial charge < -0.3 is 10.5 Å². The fourth-order valence-corrected chi connectivity index (χ4v) is 2.64. The molecular weight excluding hydrogens is 405 g/mol. The molecule has 13 heteroatoms. The van der Waals surface area contributed by atoms with Gasteiger partial charge in [0.25, 0.3) is 0 Å². The maximum absolute atomic E-state index is 13.3. The molecule has 1 aromatic carbocycles. The van der Waals surface area contributed by atoms with Crippen molar-refractivity contribution in [2.24, 2.45) is 5.16 Å². The van der Waals surface area contributed by atoms with Gasteiger partial charge in [-0.2, -0.15) is 0 Å². The number of amidine groups is 1. The van der Waals surface area contributed by atoms with Crippen LogP contribution in [0.2, 0.25) is 5.02 Å². The van der Waals surface area contributed by atoms with Gasteiger partial charge >= 0.3 is 0 Å². The van der Waals surface area contributed by atoms with Gasteiger partial charge in [-0.1, -0.05) is 28.0 Å². The molecule has 0 aliphatic rings. The molecule has 0 saturated carbocycles. The van der Waals surface area contributed by atoms with Crippen molar-refractivity contribution in [3.8, 4) is 11.5 Å². The van der Waals surface area contributed by atoms with Crippen LogP contribution in [0.25, 0.3) is 11.5 Å². The van der Waals surface area contributed by atoms with Crippen molar-refractivity contribution in [2.75, 3.05) is 5.32 Å². The Morgan fingerprint density at radius 2 is 2.17 bits per heavy atom. The van der Waals surface area contributed by atoms with Gasteiger partial charge in [-0.25, -0.2) is 13.7 Å². The molecule has 3 aromatic heterocycles. The first-order valence-electron chi connectivity index (χ1n) is 8.09. The number of oxime groups is 1. The highest BCUT2D eigenvalue weighted by Gasteiger charge is 2.21. The van der Waals surface area contributed by atoms with Crippen molar-refractivity contribution >= 4 is 23.1 Å². The van der Waals surface area contributed by atoms with Crippen LogP contribution in [-0.2, 0) is 6.54 Å². The number of nitrogens with zero attached hydrogens (tertiary/aromatic N) is 8. The van der Waals surface area contributed by atoms with E-state index < -0.39 is 5.82 Å². The van der Waals surface area contributed by atoms with Crippen molar-refractivity contribution in [1.82, 2.24) is 35.5 Å². The molecule has 0 aliphatic carbocycles. The molecule has 0 spiro atoms. The van der Waals surface area contributed by atoms with E-state index in [0.29, 0.717) is 17.2 Å². The summed E-state index contributed by atoms with van der Waals surface area (Å²) in [5.41, 5.74) is 1.32. The first-order valence-corrected chi connectivity index (χ1v) is 8.47. The minimum atomic E-state index is -0.579. The number of benzene rings is 1. The van der Waals surface area contributed by atoms with Gasteiger partial charge in [-0.05, 0) is 45.9 Å². The standard InChI is InChI=1S/C16H11ClFN9O2/c17-10-7-9(4-5-11(10)18)20-15(22-28)14-13(23-29-24-14)8-27-16(21-25-26-27)12-3-1-2-6-19-12/h1-7,28H,8H2,(H,20,22). The highest BCUT2D eigenvalue weighted by molar-refractivity contribution is 6.31. The Balaban J connectivity index is 1.60. The predicted octanol–water partition coefficient (Wildman–Crippen LogP) is 2.21. The maximum Gasteiger partial charge on any atom is 0.201 e. The Labute approximate surface area is 166 Å². The summed E-state index contributed by atoms with van der Waals surface area (Å²) in [4.78, 5) is 4.21. The minimum absolute atomic E-state index is 0.0581. The number of hydrogen-bond acceptors (Lipinski definition) is 9. The van der Waals surface area contributed by atoms with Crippen LogP contribution in [0.3, 0.4) is 0 Å². The number of anilines is 1. The Bertz CT molecular complexity index is 1160. The van der Waals surface area contributed by atoms with E-state index in [9.17, 15) is 9.60 Å². The summed E-state index contributed by atoms with van der Waals surface area (Å²) >= 11 is 5.77. The van der Waals surface area contributed by atoms with Gasteiger partial charge in [0.1, 0.15) is 17.2 Å². The summed E-state index contributed by atoms with van der Waals surface area (Å²) in [7, 11) is 0. The predicted molar refractivity (Wildman–Crippen MR) is 97.8 cm³/mol. The second kappa shape index (κ2) is 7.98. The first-order chi connectivity index (χ1) is 14.2. The summed E-state index contributed by atoms with van der Waals surface area (Å²) in [5, 5.41) is 34.4. The molecule has 0 amide bonds. The number of pyridine rings is 1. The van der Waals surface area contributed by atoms with Crippen LogP contribution < -0.4 is 5.32 Å². The zero-order chi connectivity index (χ0) is 20.2. The van der Waals surface area contributed by atoms with Crippen LogP contribution in [0.4, 0.5) is 10.1 Å². The lowest BCUT2D eigenvalue weighted by Gasteiger charge is -2.08. The maximum atomic E-state index is 13.3. The lowest BCUT2D eigenvalue weighted by molar-refractivity contribution is 0.300. The molecular formula is C16H11ClFN9O2. The van der Waals surface area contributed by atoms with E-state index in [0.717, 1.165) is 0 Å². The average Bonchev–Trinajstić information content (AvgIpc) is 3.39. The third-order valence-electron chi connectivity index (χ3n) is 3.79. The number of nitrogens with one attached hydrogen (secondary N) is 1. The molecule has 0 unspecified atom stereocenters. The van der Waals surface area contributed by atoms with Gasteiger partial charge in [0.2, 0.25) is 11.7 Å². The van der Waals surface area contributed by atoms with Gasteiger partial charge in [0.15, 0.2) is 5.69 Å². The molecule has 0 fully saturated rings. The fraction of sp³-hybridized carbons (Fsp3) is 0.0625. The van der Waals surface area contributed by atoms with Crippen LogP contribution in [0.15, 0.2) is 52.4 Å². The van der Waals surface area contributed by atoms with Crippen molar-refractivity contribution in [3.63, 3.8) is 0 Å². The Morgan fingerprint density at radius 1 is 1.28 bits per heavy atom. The zero-order valence-electron chi connectivity index (χ0n) is 14.4. The van der Waals surface area contributed by atoms with Crippen LogP contribution in [0.1, 0.15) is 11.4 Å². The van der Waals surface area contributed by atoms with E-state index in [1.54, 1.807) is 24.4 Å². The molecule has 4 rings (SSSR count). The Kier molecular flexibility index (Phi) is 5.07. The van der Waals surface area contributed by atoms with Gasteiger partial charge in [-0.15, -0.1) is 5.10 Å². The van der Waals surface area contributed by atoms with Gasteiger partial charge in [-0.3, -0.25) is 4.98 Å². The van der Waals surface area contributed by atoms with Crippen molar-refractivity contribution < 1.29 is 14.2 Å². The average molecular weight is 416 g/mol. The molecule has 2 N–H and O–H groups in total. The van der Waals surface area contributed by atoms with E-state index in [4.69, 9.17) is 16.2 Å². The van der Waals surface area contributed by atoms with Crippen LogP contribution in [-0.4, -0.2) is 46.5 Å². The molecule has 0 atom stereocenters. The molecule has 3 heterocycles. The summed E-state index contributed by atoms with van der Waals surface area (Å²) < 4.78 is 19.6. The molecule has 0 saturated heterocycles. The normalized spacial score (nSPS) is 11.6. The SMILES string of the molecule is O/N=C(/Nc1ccc(F)c(Cl)c1)c1nonc1Cn1nnnc1-c1ccccn1. The largest absolute Gasteiger partial charge is 0.409 e. The zero-order valence-corrected chi connectivity index (χ0v) is 15.2. The smallest absolute Gasteiger partial charge is 0.201 e. The number of hydrogen-bond donors (Lipinski definition) is 2. The molecule has 146 valence electrons. The van der Waals surface area contributed by atoms with Gasteiger partial charge in [0, 0.05) is 11.9 Å². The highest BCUT2D eigenvalue weighted by Crippen LogP contribution is 2.21. The minimum Gasteiger partial charge on any atom is -0.409 e. The van der Waals surface area contributed by atoms with E-state index in [1.807, 2.05) is 0 Å². The van der Waals surface area contributed by atoms with E-state index in [-0.39, 0.29) is 28.8 Å². The topological polar surface area (TPSA) is 140 Å². The van der Waals surface area contributed by atoms with Crippen molar-refractivity contribution in [1.29, 1.82) is 0 Å². The Morgan fingerprint density at radius 3 is 2.93 bits per heavy atom. The lowest BCUT2D eigenvalue weighted by Crippen LogP contribution is -2.18. The summed E-state index contributed by atoms with van der Waals surface area (Å²) in [6, 6.07) is 9.25. The molecule has 11 nitrogen and oxygen atoms in total. The highest BCUT2D eigenvalue weighted by atomic mass is 35.5. The van der Waals surface area contributed by atoms with Crippen LogP contribution in [0.5, 0.6) is 0 Å². The third kappa shape index (κ3) is 3.87. The summed E-state index contributed by atoms with van der Waals surface area (Å²) in [5.74, 6) is -0.263. The quantitative estimate of drug-likeness (QED) is 0.217. The lowest BCUT2D eigenvalue weighted by atomic mass is 10.2. The molecule has 29 heavy (non-hydrogen) atoms. The number of aromatic nitrogens is 7. The molecule has 0 bridgehead atoms. The molecule has 4 aromatic rings. The van der Waals surface area contributed by atoms with Crippen LogP contribution >= 0.6 is 11.6 Å². The summed E-state index contributed by atoms with van der Waals surface area (Å²) in [6.07, 6.45) is 1.62. The second-order valence-corrected chi connectivity index (χ2v) is 6.04. The van der Waals surface area contributed by atoms with E-state index >= 15 is 0 Å². The van der Waals surface area contributed by atoms with Gasteiger partial charge in [0.05, 0.1) is 11.6 Å². The third-order valence-corrected chi connectivity index (χ3v) is 4.08. The first kappa shape index (κ1) is 18.4. The number of tetrazole rings is 1. The summed E-state index contributed by atoms with van der Waals surface area (Å²) in [6.45, 7) is 0.0581. The number of rotatable bonds is 5. The fourth-order valence-electron chi connectivity index (χ4n) is 2.46.